The molecule has 5 heteroatoms. The van der Waals surface area contributed by atoms with Gasteiger partial charge in [0.15, 0.2) is 6.54 Å². The van der Waals surface area contributed by atoms with Crippen molar-refractivity contribution in [3.8, 4) is 0 Å². The third kappa shape index (κ3) is 14.6. The molecule has 0 atom stereocenters. The summed E-state index contributed by atoms with van der Waals surface area (Å²) >= 11 is 0. The van der Waals surface area contributed by atoms with Crippen LogP contribution in [0.5, 0.6) is 0 Å². The van der Waals surface area contributed by atoms with Crippen molar-refractivity contribution in [2.24, 2.45) is 0 Å². The maximum atomic E-state index is 12.9. The van der Waals surface area contributed by atoms with E-state index in [9.17, 15) is 9.59 Å². The Morgan fingerprint density at radius 2 is 1.24 bits per heavy atom. The highest BCUT2D eigenvalue weighted by Crippen LogP contribution is 2.20. The Hall–Kier alpha value is -1.88. The van der Waals surface area contributed by atoms with Gasteiger partial charge in [0.2, 0.25) is 0 Å². The van der Waals surface area contributed by atoms with E-state index in [4.69, 9.17) is 4.74 Å². The fraction of sp³-hybridized carbons (Fsp3) is 0.750. The number of ether oxygens (including phenoxy) is 1. The maximum absolute atomic E-state index is 12.9. The molecule has 0 aliphatic heterocycles. The Kier molecular flexibility index (Phi) is 18.0. The first-order chi connectivity index (χ1) is 17.9. The molecule has 0 fully saturated rings. The van der Waals surface area contributed by atoms with Crippen molar-refractivity contribution < 1.29 is 18.8 Å². The Labute approximate surface area is 228 Å². The van der Waals surface area contributed by atoms with Crippen LogP contribution in [0.15, 0.2) is 18.2 Å². The fourth-order valence-electron chi connectivity index (χ4n) is 5.05. The molecule has 0 radical (unpaired) electrons. The van der Waals surface area contributed by atoms with Crippen LogP contribution in [0.1, 0.15) is 122 Å². The molecule has 0 bridgehead atoms. The number of carbonyl (C=O) groups excluding carboxylic acids is 2. The summed E-state index contributed by atoms with van der Waals surface area (Å²) in [7, 11) is 0. The normalized spacial score (nSPS) is 11.5. The summed E-state index contributed by atoms with van der Waals surface area (Å²) in [6.07, 6.45) is 17.4. The first kappa shape index (κ1) is 33.1. The van der Waals surface area contributed by atoms with Gasteiger partial charge in [0.1, 0.15) is 13.2 Å². The monoisotopic (exact) mass is 517 g/mol. The third-order valence-corrected chi connectivity index (χ3v) is 7.88. The first-order valence-corrected chi connectivity index (χ1v) is 15.2. The second kappa shape index (κ2) is 20.1. The SMILES string of the molecule is CCCCCCCCCCCCCCCC(=O)OCC[N+](CC)(CC)CC(=O)Nc1c(C)cccc1C. The summed E-state index contributed by atoms with van der Waals surface area (Å²) in [6.45, 7) is 13.6. The summed E-state index contributed by atoms with van der Waals surface area (Å²) in [5.41, 5.74) is 3.05. The van der Waals surface area contributed by atoms with Gasteiger partial charge in [-0.25, -0.2) is 0 Å². The lowest BCUT2D eigenvalue weighted by molar-refractivity contribution is -0.917. The van der Waals surface area contributed by atoms with E-state index in [1.807, 2.05) is 32.0 Å². The topological polar surface area (TPSA) is 55.4 Å². The van der Waals surface area contributed by atoms with Crippen LogP contribution in [0.2, 0.25) is 0 Å². The van der Waals surface area contributed by atoms with Crippen LogP contribution in [0.4, 0.5) is 5.69 Å². The number of esters is 1. The van der Waals surface area contributed by atoms with Gasteiger partial charge in [0, 0.05) is 12.1 Å². The van der Waals surface area contributed by atoms with Crippen LogP contribution in [-0.4, -0.2) is 49.1 Å². The number of amides is 1. The van der Waals surface area contributed by atoms with Gasteiger partial charge in [0.25, 0.3) is 5.91 Å². The number of benzene rings is 1. The number of quaternary nitrogens is 1. The second-order valence-corrected chi connectivity index (χ2v) is 10.9. The van der Waals surface area contributed by atoms with Crippen molar-refractivity contribution >= 4 is 17.6 Å². The molecule has 0 saturated carbocycles. The van der Waals surface area contributed by atoms with E-state index in [0.29, 0.717) is 30.6 Å². The Morgan fingerprint density at radius 3 is 1.73 bits per heavy atom. The van der Waals surface area contributed by atoms with Gasteiger partial charge >= 0.3 is 5.97 Å². The van der Waals surface area contributed by atoms with Crippen LogP contribution in [0, 0.1) is 13.8 Å². The lowest BCUT2D eigenvalue weighted by Gasteiger charge is -2.36. The zero-order chi connectivity index (χ0) is 27.4. The highest BCUT2D eigenvalue weighted by molar-refractivity contribution is 5.93. The number of likely N-dealkylation sites (N-methyl/N-ethyl adjacent to an activating group) is 1. The van der Waals surface area contributed by atoms with Crippen molar-refractivity contribution in [1.29, 1.82) is 0 Å². The lowest BCUT2D eigenvalue weighted by atomic mass is 10.0. The minimum absolute atomic E-state index is 0.0133. The average Bonchev–Trinajstić information content (AvgIpc) is 2.88. The van der Waals surface area contributed by atoms with Gasteiger partial charge in [0.05, 0.1) is 13.1 Å². The molecule has 1 aromatic rings. The van der Waals surface area contributed by atoms with Crippen LogP contribution >= 0.6 is 0 Å². The molecule has 0 spiro atoms. The number of hydrogen-bond acceptors (Lipinski definition) is 3. The standard InChI is InChI=1S/C32H56N2O3/c1-6-9-10-11-12-13-14-15-16-17-18-19-20-24-31(36)37-26-25-34(7-2,8-3)27-30(35)33-32-28(4)22-21-23-29(32)5/h21-23H,6-20,24-27H2,1-5H3/p+1. The molecule has 0 heterocycles. The molecule has 1 amide bonds. The molecule has 37 heavy (non-hydrogen) atoms. The largest absolute Gasteiger partial charge is 0.460 e. The average molecular weight is 518 g/mol. The predicted octanol–water partition coefficient (Wildman–Crippen LogP) is 8.12. The quantitative estimate of drug-likeness (QED) is 0.0959. The van der Waals surface area contributed by atoms with Gasteiger partial charge < -0.3 is 14.5 Å². The van der Waals surface area contributed by atoms with E-state index in [0.717, 1.165) is 42.7 Å². The van der Waals surface area contributed by atoms with Crippen molar-refractivity contribution in [2.75, 3.05) is 38.1 Å². The van der Waals surface area contributed by atoms with Crippen molar-refractivity contribution in [3.05, 3.63) is 29.3 Å². The van der Waals surface area contributed by atoms with Crippen molar-refractivity contribution in [2.45, 2.75) is 125 Å². The number of rotatable bonds is 22. The molecular weight excluding hydrogens is 460 g/mol. The summed E-state index contributed by atoms with van der Waals surface area (Å²) in [5.74, 6) is -0.0900. The first-order valence-electron chi connectivity index (χ1n) is 15.2. The second-order valence-electron chi connectivity index (χ2n) is 10.9. The highest BCUT2D eigenvalue weighted by atomic mass is 16.5. The third-order valence-electron chi connectivity index (χ3n) is 7.88. The molecule has 1 N–H and O–H groups in total. The van der Waals surface area contributed by atoms with Crippen LogP contribution in [0.25, 0.3) is 0 Å². The van der Waals surface area contributed by atoms with Crippen LogP contribution < -0.4 is 5.32 Å². The van der Waals surface area contributed by atoms with E-state index < -0.39 is 0 Å². The number of nitrogens with one attached hydrogen (secondary N) is 1. The number of anilines is 1. The molecule has 0 aliphatic rings. The van der Waals surface area contributed by atoms with Crippen LogP contribution in [0.3, 0.4) is 0 Å². The van der Waals surface area contributed by atoms with Gasteiger partial charge in [-0.3, -0.25) is 9.59 Å². The lowest BCUT2D eigenvalue weighted by Crippen LogP contribution is -2.54. The zero-order valence-electron chi connectivity index (χ0n) is 24.8. The molecule has 5 nitrogen and oxygen atoms in total. The summed E-state index contributed by atoms with van der Waals surface area (Å²) in [5, 5.41) is 3.11. The predicted molar refractivity (Wildman–Crippen MR) is 157 cm³/mol. The number of para-hydroxylation sites is 1. The number of hydrogen-bond donors (Lipinski definition) is 1. The van der Waals surface area contributed by atoms with Gasteiger partial charge in [-0.05, 0) is 45.2 Å². The number of nitrogens with zero attached hydrogens (tertiary/aromatic N) is 1. The molecule has 212 valence electrons. The Bertz CT molecular complexity index is 738. The van der Waals surface area contributed by atoms with Gasteiger partial charge in [-0.15, -0.1) is 0 Å². The summed E-state index contributed by atoms with van der Waals surface area (Å²) < 4.78 is 6.17. The molecule has 0 aromatic heterocycles. The van der Waals surface area contributed by atoms with E-state index in [1.54, 1.807) is 0 Å². The fourth-order valence-corrected chi connectivity index (χ4v) is 5.05. The van der Waals surface area contributed by atoms with Gasteiger partial charge in [-0.1, -0.05) is 102 Å². The molecule has 0 saturated heterocycles. The molecule has 0 unspecified atom stereocenters. The minimum atomic E-state index is -0.103. The Balaban J connectivity index is 2.18. The van der Waals surface area contributed by atoms with Crippen LogP contribution in [-0.2, 0) is 14.3 Å². The number of unbranched alkanes of at least 4 members (excludes halogenated alkanes) is 12. The van der Waals surface area contributed by atoms with Gasteiger partial charge in [-0.2, -0.15) is 0 Å². The Morgan fingerprint density at radius 1 is 0.757 bits per heavy atom. The molecular formula is C32H57N2O3+. The smallest absolute Gasteiger partial charge is 0.305 e. The van der Waals surface area contributed by atoms with Crippen molar-refractivity contribution in [1.82, 2.24) is 0 Å². The summed E-state index contributed by atoms with van der Waals surface area (Å²) in [4.78, 5) is 25.1. The van der Waals surface area contributed by atoms with E-state index in [2.05, 4.69) is 26.1 Å². The number of carbonyl (C=O) groups is 2. The van der Waals surface area contributed by atoms with E-state index >= 15 is 0 Å². The summed E-state index contributed by atoms with van der Waals surface area (Å²) in [6, 6.07) is 6.04. The maximum Gasteiger partial charge on any atom is 0.305 e. The molecule has 1 rings (SSSR count). The van der Waals surface area contributed by atoms with E-state index in [1.165, 1.54) is 70.6 Å². The van der Waals surface area contributed by atoms with E-state index in [-0.39, 0.29) is 11.9 Å². The highest BCUT2D eigenvalue weighted by Gasteiger charge is 2.27. The molecule has 0 aliphatic carbocycles. The zero-order valence-corrected chi connectivity index (χ0v) is 24.8. The molecule has 1 aromatic carbocycles. The minimum Gasteiger partial charge on any atom is -0.460 e. The number of aryl methyl sites for hydroxylation is 2. The van der Waals surface area contributed by atoms with Crippen molar-refractivity contribution in [3.63, 3.8) is 0 Å².